The molecule has 0 bridgehead atoms. The molecular weight excluding hydrogens is 183 g/mol. The van der Waals surface area contributed by atoms with E-state index >= 15 is 0 Å². The van der Waals surface area contributed by atoms with E-state index < -0.39 is 34.6 Å². The van der Waals surface area contributed by atoms with Crippen molar-refractivity contribution in [2.45, 2.75) is 12.7 Å². The summed E-state index contributed by atoms with van der Waals surface area (Å²) in [5, 5.41) is 0. The van der Waals surface area contributed by atoms with Gasteiger partial charge in [0, 0.05) is 11.6 Å². The number of hydrogen-bond acceptors (Lipinski definition) is 0. The Hall–Kier alpha value is -0.995. The normalized spacial score (nSPS) is 13.0. The average Bonchev–Trinajstić information content (AvgIpc) is 1.99. The van der Waals surface area contributed by atoms with Gasteiger partial charge in [-0.1, -0.05) is 6.92 Å². The molecule has 13 heavy (non-hydrogen) atoms. The van der Waals surface area contributed by atoms with Gasteiger partial charge in [0.1, 0.15) is 5.82 Å². The van der Waals surface area contributed by atoms with Crippen molar-refractivity contribution in [3.63, 3.8) is 0 Å². The summed E-state index contributed by atoms with van der Waals surface area (Å²) in [5.41, 5.74) is -0.640. The van der Waals surface area contributed by atoms with Crippen molar-refractivity contribution in [2.75, 3.05) is 0 Å². The highest BCUT2D eigenvalue weighted by atomic mass is 19.2. The first-order valence-corrected chi connectivity index (χ1v) is 3.53. The first-order valence-electron chi connectivity index (χ1n) is 3.53. The molecule has 1 rings (SSSR count). The quantitative estimate of drug-likeness (QED) is 0.275. The molecule has 0 saturated heterocycles. The molecule has 0 N–H and O–H groups in total. The zero-order chi connectivity index (χ0) is 10.2. The highest BCUT2D eigenvalue weighted by molar-refractivity contribution is 6.12. The van der Waals surface area contributed by atoms with Crippen molar-refractivity contribution in [1.82, 2.24) is 0 Å². The molecule has 0 saturated carbocycles. The van der Waals surface area contributed by atoms with Gasteiger partial charge in [-0.2, -0.15) is 0 Å². The van der Waals surface area contributed by atoms with Crippen LogP contribution in [0.5, 0.6) is 0 Å². The fourth-order valence-corrected chi connectivity index (χ4v) is 0.998. The van der Waals surface area contributed by atoms with Crippen LogP contribution in [0.1, 0.15) is 18.3 Å². The lowest BCUT2D eigenvalue weighted by Gasteiger charge is -2.09. The molecule has 1 aromatic rings. The molecule has 5 heteroatoms. The molecule has 0 nitrogen and oxygen atoms in total. The van der Waals surface area contributed by atoms with E-state index in [1.807, 2.05) is 0 Å². The van der Waals surface area contributed by atoms with Crippen LogP contribution >= 0.6 is 0 Å². The summed E-state index contributed by atoms with van der Waals surface area (Å²) >= 11 is 0. The molecule has 0 aliphatic heterocycles. The van der Waals surface area contributed by atoms with Crippen molar-refractivity contribution < 1.29 is 17.6 Å². The molecule has 0 heterocycles. The van der Waals surface area contributed by atoms with Crippen LogP contribution in [-0.4, -0.2) is 7.85 Å². The van der Waals surface area contributed by atoms with Crippen LogP contribution in [0.4, 0.5) is 17.6 Å². The zero-order valence-electron chi connectivity index (χ0n) is 6.74. The second-order valence-corrected chi connectivity index (χ2v) is 2.67. The minimum Gasteiger partial charge on any atom is -0.206 e. The molecule has 1 aromatic carbocycles. The number of halogens is 4. The fourth-order valence-electron chi connectivity index (χ4n) is 0.998. The summed E-state index contributed by atoms with van der Waals surface area (Å²) in [6.45, 7) is 1.28. The summed E-state index contributed by atoms with van der Waals surface area (Å²) in [7, 11) is 5.17. The third kappa shape index (κ3) is 1.69. The molecule has 0 amide bonds. The Kier molecular flexibility index (Phi) is 2.64. The van der Waals surface area contributed by atoms with Gasteiger partial charge in [-0.25, -0.2) is 17.6 Å². The third-order valence-corrected chi connectivity index (χ3v) is 1.60. The van der Waals surface area contributed by atoms with Gasteiger partial charge >= 0.3 is 0 Å². The maximum atomic E-state index is 12.8. The van der Waals surface area contributed by atoms with Gasteiger partial charge in [0.25, 0.3) is 0 Å². The van der Waals surface area contributed by atoms with Crippen LogP contribution in [-0.2, 0) is 0 Å². The van der Waals surface area contributed by atoms with E-state index in [1.165, 1.54) is 6.92 Å². The second kappa shape index (κ2) is 3.40. The maximum absolute atomic E-state index is 12.8. The van der Waals surface area contributed by atoms with Crippen LogP contribution in [0.3, 0.4) is 0 Å². The lowest BCUT2D eigenvalue weighted by atomic mass is 9.82. The Labute approximate surface area is 74.0 Å². The van der Waals surface area contributed by atoms with Crippen LogP contribution in [0, 0.1) is 23.3 Å². The van der Waals surface area contributed by atoms with Crippen LogP contribution in [0.15, 0.2) is 6.07 Å². The van der Waals surface area contributed by atoms with E-state index in [2.05, 4.69) is 0 Å². The average molecular weight is 188 g/mol. The van der Waals surface area contributed by atoms with E-state index in [1.54, 1.807) is 0 Å². The van der Waals surface area contributed by atoms with Gasteiger partial charge in [-0.3, -0.25) is 0 Å². The summed E-state index contributed by atoms with van der Waals surface area (Å²) in [5.74, 6) is -7.01. The van der Waals surface area contributed by atoms with Gasteiger partial charge in [-0.15, -0.1) is 0 Å². The van der Waals surface area contributed by atoms with Crippen molar-refractivity contribution in [3.05, 3.63) is 34.9 Å². The zero-order valence-corrected chi connectivity index (χ0v) is 6.74. The van der Waals surface area contributed by atoms with Crippen LogP contribution in [0.2, 0.25) is 0 Å². The molecule has 0 aliphatic rings. The highest BCUT2D eigenvalue weighted by Crippen LogP contribution is 2.23. The smallest absolute Gasteiger partial charge is 0.194 e. The second-order valence-electron chi connectivity index (χ2n) is 2.67. The van der Waals surface area contributed by atoms with Gasteiger partial charge in [0.05, 0.1) is 7.85 Å². The summed E-state index contributed by atoms with van der Waals surface area (Å²) in [6, 6.07) is 0.275. The fraction of sp³-hybridized carbons (Fsp3) is 0.250. The molecule has 2 radical (unpaired) electrons. The van der Waals surface area contributed by atoms with Gasteiger partial charge in [0.2, 0.25) is 0 Å². The van der Waals surface area contributed by atoms with E-state index in [0.29, 0.717) is 0 Å². The minimum absolute atomic E-state index is 0.275. The summed E-state index contributed by atoms with van der Waals surface area (Å²) in [6.07, 6.45) is 0. The maximum Gasteiger partial charge on any atom is 0.194 e. The molecule has 0 fully saturated rings. The van der Waals surface area contributed by atoms with Crippen molar-refractivity contribution in [2.24, 2.45) is 0 Å². The predicted octanol–water partition coefficient (Wildman–Crippen LogP) is 2.47. The van der Waals surface area contributed by atoms with Crippen molar-refractivity contribution >= 4 is 7.85 Å². The SMILES string of the molecule is [B]C(C)c1c(F)cc(F)c(F)c1F. The largest absolute Gasteiger partial charge is 0.206 e. The minimum atomic E-state index is -1.70. The molecule has 0 aliphatic carbocycles. The molecule has 68 valence electrons. The van der Waals surface area contributed by atoms with Crippen molar-refractivity contribution in [3.8, 4) is 0 Å². The van der Waals surface area contributed by atoms with Gasteiger partial charge in [-0.05, 0) is 5.82 Å². The van der Waals surface area contributed by atoms with Gasteiger partial charge in [0.15, 0.2) is 17.5 Å². The number of hydrogen-bond donors (Lipinski definition) is 0. The number of rotatable bonds is 1. The van der Waals surface area contributed by atoms with Crippen LogP contribution in [0.25, 0.3) is 0 Å². The Balaban J connectivity index is 3.44. The predicted molar refractivity (Wildman–Crippen MR) is 40.4 cm³/mol. The topological polar surface area (TPSA) is 0 Å². The summed E-state index contributed by atoms with van der Waals surface area (Å²) in [4.78, 5) is 0. The first kappa shape index (κ1) is 10.1. The Morgan fingerprint density at radius 3 is 2.08 bits per heavy atom. The third-order valence-electron chi connectivity index (χ3n) is 1.60. The van der Waals surface area contributed by atoms with E-state index in [0.717, 1.165) is 0 Å². The highest BCUT2D eigenvalue weighted by Gasteiger charge is 2.20. The molecular formula is C8H5BF4. The molecule has 1 atom stereocenters. The standard InChI is InChI=1S/C8H5BF4/c1-3(9)6-4(10)2-5(11)7(12)8(6)13/h2-3H,1H3. The summed E-state index contributed by atoms with van der Waals surface area (Å²) < 4.78 is 50.6. The van der Waals surface area contributed by atoms with E-state index in [4.69, 9.17) is 7.85 Å². The Bertz CT molecular complexity index is 335. The van der Waals surface area contributed by atoms with Gasteiger partial charge < -0.3 is 0 Å². The molecule has 1 unspecified atom stereocenters. The molecule has 0 aromatic heterocycles. The Morgan fingerprint density at radius 1 is 1.08 bits per heavy atom. The monoisotopic (exact) mass is 188 g/mol. The van der Waals surface area contributed by atoms with Crippen LogP contribution < -0.4 is 0 Å². The lowest BCUT2D eigenvalue weighted by Crippen LogP contribution is -2.05. The first-order chi connectivity index (χ1) is 5.95. The van der Waals surface area contributed by atoms with E-state index in [9.17, 15) is 17.6 Å². The lowest BCUT2D eigenvalue weighted by molar-refractivity contribution is 0.425. The molecule has 0 spiro atoms. The Morgan fingerprint density at radius 2 is 1.62 bits per heavy atom. The number of benzene rings is 1. The van der Waals surface area contributed by atoms with E-state index in [-0.39, 0.29) is 6.07 Å². The van der Waals surface area contributed by atoms with Crippen molar-refractivity contribution in [1.29, 1.82) is 0 Å².